The van der Waals surface area contributed by atoms with Gasteiger partial charge in [0, 0.05) is 7.11 Å². The first-order valence-corrected chi connectivity index (χ1v) is 5.86. The van der Waals surface area contributed by atoms with Gasteiger partial charge in [-0.25, -0.2) is 9.59 Å². The molecule has 110 valence electrons. The Bertz CT molecular complexity index is 470. The van der Waals surface area contributed by atoms with Gasteiger partial charge in [-0.2, -0.15) is 0 Å². The van der Waals surface area contributed by atoms with Gasteiger partial charge >= 0.3 is 11.9 Å². The molecule has 0 aromatic heterocycles. The van der Waals surface area contributed by atoms with Gasteiger partial charge in [0.15, 0.2) is 0 Å². The first-order valence-electron chi connectivity index (χ1n) is 5.86. The fourth-order valence-corrected chi connectivity index (χ4v) is 1.41. The van der Waals surface area contributed by atoms with Crippen LogP contribution in [0.5, 0.6) is 5.75 Å². The van der Waals surface area contributed by atoms with Crippen LogP contribution >= 0.6 is 0 Å². The molecule has 0 saturated heterocycles. The minimum Gasteiger partial charge on any atom is -0.490 e. The minimum atomic E-state index is -1.18. The summed E-state index contributed by atoms with van der Waals surface area (Å²) in [5, 5.41) is 17.9. The Hall–Kier alpha value is -2.12. The number of carboxylic acids is 2. The highest BCUT2D eigenvalue weighted by Gasteiger charge is 2.14. The van der Waals surface area contributed by atoms with Crippen LogP contribution in [0.25, 0.3) is 0 Å². The van der Waals surface area contributed by atoms with Gasteiger partial charge < -0.3 is 24.4 Å². The van der Waals surface area contributed by atoms with E-state index in [9.17, 15) is 9.59 Å². The van der Waals surface area contributed by atoms with E-state index in [2.05, 4.69) is 0 Å². The Kier molecular flexibility index (Phi) is 6.48. The summed E-state index contributed by atoms with van der Waals surface area (Å²) in [6, 6.07) is 3.60. The van der Waals surface area contributed by atoms with Gasteiger partial charge in [0.05, 0.1) is 25.4 Å². The number of hydrogen-bond acceptors (Lipinski definition) is 5. The summed E-state index contributed by atoms with van der Waals surface area (Å²) >= 11 is 0. The molecule has 0 atom stereocenters. The van der Waals surface area contributed by atoms with Crippen molar-refractivity contribution in [3.63, 3.8) is 0 Å². The highest BCUT2D eigenvalue weighted by molar-refractivity contribution is 5.94. The normalized spacial score (nSPS) is 10.2. The van der Waals surface area contributed by atoms with Gasteiger partial charge in [-0.3, -0.25) is 0 Å². The van der Waals surface area contributed by atoms with Crippen LogP contribution < -0.4 is 4.74 Å². The summed E-state index contributed by atoms with van der Waals surface area (Å²) < 4.78 is 15.2. The topological polar surface area (TPSA) is 102 Å². The number of methoxy groups -OCH3 is 1. The molecule has 2 N–H and O–H groups in total. The first kappa shape index (κ1) is 15.9. The zero-order chi connectivity index (χ0) is 15.0. The van der Waals surface area contributed by atoms with Gasteiger partial charge in [-0.05, 0) is 18.2 Å². The average molecular weight is 284 g/mol. The summed E-state index contributed by atoms with van der Waals surface area (Å²) in [4.78, 5) is 21.8. The van der Waals surface area contributed by atoms with Crippen molar-refractivity contribution in [3.05, 3.63) is 29.3 Å². The summed E-state index contributed by atoms with van der Waals surface area (Å²) in [5.74, 6) is -2.33. The molecule has 0 amide bonds. The third-order valence-electron chi connectivity index (χ3n) is 2.38. The molecule has 0 radical (unpaired) electrons. The molecule has 1 aromatic rings. The lowest BCUT2D eigenvalue weighted by atomic mass is 10.1. The summed E-state index contributed by atoms with van der Waals surface area (Å²) in [5.41, 5.74) is -0.128. The Morgan fingerprint density at radius 3 is 2.35 bits per heavy atom. The molecular formula is C13H16O7. The van der Waals surface area contributed by atoms with E-state index in [0.29, 0.717) is 13.2 Å². The van der Waals surface area contributed by atoms with Crippen molar-refractivity contribution in [1.29, 1.82) is 0 Å². The lowest BCUT2D eigenvalue weighted by Crippen LogP contribution is -2.12. The summed E-state index contributed by atoms with van der Waals surface area (Å²) in [7, 11) is 1.55. The molecule has 0 heterocycles. The number of carboxylic acid groups (broad SMARTS) is 2. The Labute approximate surface area is 115 Å². The predicted molar refractivity (Wildman–Crippen MR) is 68.6 cm³/mol. The number of hydrogen-bond donors (Lipinski definition) is 2. The largest absolute Gasteiger partial charge is 0.490 e. The standard InChI is InChI=1S/C13H16O7/c1-18-4-5-19-6-7-20-11-8-9(12(14)15)2-3-10(11)13(16)17/h2-3,8H,4-7H2,1H3,(H,14,15)(H,16,17). The number of ether oxygens (including phenoxy) is 3. The smallest absolute Gasteiger partial charge is 0.339 e. The molecule has 0 unspecified atom stereocenters. The molecule has 0 spiro atoms. The van der Waals surface area contributed by atoms with Crippen LogP contribution in [0.4, 0.5) is 0 Å². The molecule has 1 rings (SSSR count). The molecule has 0 fully saturated rings. The number of aromatic carboxylic acids is 2. The molecule has 0 aliphatic rings. The molecule has 7 nitrogen and oxygen atoms in total. The molecule has 20 heavy (non-hydrogen) atoms. The third-order valence-corrected chi connectivity index (χ3v) is 2.38. The van der Waals surface area contributed by atoms with E-state index >= 15 is 0 Å². The van der Waals surface area contributed by atoms with Crippen molar-refractivity contribution in [2.75, 3.05) is 33.5 Å². The van der Waals surface area contributed by atoms with Gasteiger partial charge in [-0.1, -0.05) is 0 Å². The number of benzene rings is 1. The van der Waals surface area contributed by atoms with Crippen LogP contribution in [-0.2, 0) is 9.47 Å². The first-order chi connectivity index (χ1) is 9.56. The van der Waals surface area contributed by atoms with E-state index in [1.54, 1.807) is 7.11 Å². The maximum Gasteiger partial charge on any atom is 0.339 e. The highest BCUT2D eigenvalue weighted by Crippen LogP contribution is 2.20. The lowest BCUT2D eigenvalue weighted by molar-refractivity contribution is 0.0534. The Morgan fingerprint density at radius 1 is 1.05 bits per heavy atom. The maximum absolute atomic E-state index is 11.0. The van der Waals surface area contributed by atoms with E-state index in [1.807, 2.05) is 0 Å². The number of carbonyl (C=O) groups is 2. The van der Waals surface area contributed by atoms with E-state index in [4.69, 9.17) is 24.4 Å². The minimum absolute atomic E-state index is 0.00717. The van der Waals surface area contributed by atoms with Gasteiger partial charge in [0.25, 0.3) is 0 Å². The van der Waals surface area contributed by atoms with Crippen LogP contribution in [0, 0.1) is 0 Å². The fraction of sp³-hybridized carbons (Fsp3) is 0.385. The molecule has 0 aliphatic carbocycles. The van der Waals surface area contributed by atoms with Crippen molar-refractivity contribution >= 4 is 11.9 Å². The van der Waals surface area contributed by atoms with Crippen molar-refractivity contribution in [1.82, 2.24) is 0 Å². The second-order valence-corrected chi connectivity index (χ2v) is 3.77. The second kappa shape index (κ2) is 8.13. The SMILES string of the molecule is COCCOCCOc1cc(C(=O)O)ccc1C(=O)O. The van der Waals surface area contributed by atoms with Gasteiger partial charge in [0.2, 0.25) is 0 Å². The van der Waals surface area contributed by atoms with Crippen LogP contribution in [0.3, 0.4) is 0 Å². The summed E-state index contributed by atoms with van der Waals surface area (Å²) in [6.45, 7) is 1.22. The van der Waals surface area contributed by atoms with E-state index in [0.717, 1.165) is 0 Å². The molecule has 1 aromatic carbocycles. The van der Waals surface area contributed by atoms with E-state index in [1.165, 1.54) is 18.2 Å². The van der Waals surface area contributed by atoms with Crippen molar-refractivity contribution in [3.8, 4) is 5.75 Å². The van der Waals surface area contributed by atoms with Gasteiger partial charge in [-0.15, -0.1) is 0 Å². The molecular weight excluding hydrogens is 268 g/mol. The van der Waals surface area contributed by atoms with Crippen molar-refractivity contribution < 1.29 is 34.0 Å². The van der Waals surface area contributed by atoms with E-state index in [-0.39, 0.29) is 30.1 Å². The molecule has 0 bridgehead atoms. The van der Waals surface area contributed by atoms with Crippen LogP contribution in [0.15, 0.2) is 18.2 Å². The zero-order valence-electron chi connectivity index (χ0n) is 11.0. The molecule has 7 heteroatoms. The van der Waals surface area contributed by atoms with Gasteiger partial charge in [0.1, 0.15) is 17.9 Å². The monoisotopic (exact) mass is 284 g/mol. The van der Waals surface area contributed by atoms with Crippen LogP contribution in [0.2, 0.25) is 0 Å². The maximum atomic E-state index is 11.0. The predicted octanol–water partition coefficient (Wildman–Crippen LogP) is 1.12. The van der Waals surface area contributed by atoms with E-state index < -0.39 is 11.9 Å². The quantitative estimate of drug-likeness (QED) is 0.655. The van der Waals surface area contributed by atoms with Crippen molar-refractivity contribution in [2.24, 2.45) is 0 Å². The summed E-state index contributed by atoms with van der Waals surface area (Å²) in [6.07, 6.45) is 0. The zero-order valence-corrected chi connectivity index (χ0v) is 11.0. The van der Waals surface area contributed by atoms with Crippen LogP contribution in [-0.4, -0.2) is 55.7 Å². The average Bonchev–Trinajstić information content (AvgIpc) is 2.42. The lowest BCUT2D eigenvalue weighted by Gasteiger charge is -2.10. The highest BCUT2D eigenvalue weighted by atomic mass is 16.5. The van der Waals surface area contributed by atoms with Crippen LogP contribution in [0.1, 0.15) is 20.7 Å². The molecule has 0 aliphatic heterocycles. The fourth-order valence-electron chi connectivity index (χ4n) is 1.41. The number of rotatable bonds is 9. The van der Waals surface area contributed by atoms with Crippen molar-refractivity contribution in [2.45, 2.75) is 0 Å². The second-order valence-electron chi connectivity index (χ2n) is 3.77. The Morgan fingerprint density at radius 2 is 1.75 bits per heavy atom. The third kappa shape index (κ3) is 4.87. The Balaban J connectivity index is 2.63. The molecule has 0 saturated carbocycles.